The normalized spacial score (nSPS) is 24.3. The summed E-state index contributed by atoms with van der Waals surface area (Å²) >= 11 is 1.82. The molecule has 0 aliphatic carbocycles. The molecule has 1 N–H and O–H groups in total. The molecule has 2 aliphatic heterocycles. The zero-order chi connectivity index (χ0) is 13.3. The Bertz CT molecular complexity index is 474. The summed E-state index contributed by atoms with van der Waals surface area (Å²) < 4.78 is 5.91. The lowest BCUT2D eigenvalue weighted by Crippen LogP contribution is -2.36. The Morgan fingerprint density at radius 1 is 1.42 bits per heavy atom. The van der Waals surface area contributed by atoms with Gasteiger partial charge in [0.15, 0.2) is 5.17 Å². The molecule has 2 aliphatic rings. The van der Waals surface area contributed by atoms with Crippen LogP contribution < -0.4 is 10.1 Å². The summed E-state index contributed by atoms with van der Waals surface area (Å²) in [6.45, 7) is 6.27. The molecule has 4 heteroatoms. The fourth-order valence-electron chi connectivity index (χ4n) is 2.32. The number of ether oxygens (including phenoxy) is 1. The van der Waals surface area contributed by atoms with E-state index in [2.05, 4.69) is 36.3 Å². The van der Waals surface area contributed by atoms with Crippen molar-refractivity contribution in [1.29, 1.82) is 0 Å². The van der Waals surface area contributed by atoms with Crippen molar-refractivity contribution in [2.24, 2.45) is 10.4 Å². The Balaban J connectivity index is 1.51. The van der Waals surface area contributed by atoms with E-state index in [1.54, 1.807) is 0 Å². The highest BCUT2D eigenvalue weighted by Crippen LogP contribution is 2.29. The summed E-state index contributed by atoms with van der Waals surface area (Å²) in [4.78, 5) is 4.61. The largest absolute Gasteiger partial charge is 0.488 e. The lowest BCUT2D eigenvalue weighted by Gasteiger charge is -2.27. The van der Waals surface area contributed by atoms with Crippen LogP contribution in [0.3, 0.4) is 0 Å². The fraction of sp³-hybridized carbons (Fsp3) is 0.533. The Morgan fingerprint density at radius 2 is 2.26 bits per heavy atom. The van der Waals surface area contributed by atoms with Crippen LogP contribution in [-0.4, -0.2) is 30.1 Å². The van der Waals surface area contributed by atoms with Gasteiger partial charge >= 0.3 is 0 Å². The van der Waals surface area contributed by atoms with E-state index in [9.17, 15) is 0 Å². The van der Waals surface area contributed by atoms with E-state index < -0.39 is 0 Å². The van der Waals surface area contributed by atoms with Gasteiger partial charge in [0.2, 0.25) is 0 Å². The predicted molar refractivity (Wildman–Crippen MR) is 81.1 cm³/mol. The minimum atomic E-state index is 0.232. The number of rotatable bonds is 2. The third kappa shape index (κ3) is 3.06. The van der Waals surface area contributed by atoms with Gasteiger partial charge in [0.25, 0.3) is 0 Å². The first kappa shape index (κ1) is 12.9. The fourth-order valence-corrected chi connectivity index (χ4v) is 3.28. The second-order valence-electron chi connectivity index (χ2n) is 6.01. The van der Waals surface area contributed by atoms with Gasteiger partial charge in [-0.25, -0.2) is 0 Å². The molecule has 1 unspecified atom stereocenters. The third-order valence-electron chi connectivity index (χ3n) is 3.45. The zero-order valence-corrected chi connectivity index (χ0v) is 12.3. The van der Waals surface area contributed by atoms with Crippen molar-refractivity contribution in [3.05, 3.63) is 29.8 Å². The van der Waals surface area contributed by atoms with Crippen molar-refractivity contribution in [3.63, 3.8) is 0 Å². The van der Waals surface area contributed by atoms with Crippen LogP contribution in [0.2, 0.25) is 0 Å². The molecule has 0 radical (unpaired) electrons. The van der Waals surface area contributed by atoms with Gasteiger partial charge in [0, 0.05) is 18.7 Å². The SMILES string of the molecule is CC1(C)CN=C(NCC2Cc3ccccc3O2)SC1. The second-order valence-corrected chi connectivity index (χ2v) is 6.97. The average Bonchev–Trinajstić information content (AvgIpc) is 2.80. The summed E-state index contributed by atoms with van der Waals surface area (Å²) in [7, 11) is 0. The quantitative estimate of drug-likeness (QED) is 0.901. The first-order valence-electron chi connectivity index (χ1n) is 6.78. The zero-order valence-electron chi connectivity index (χ0n) is 11.5. The summed E-state index contributed by atoms with van der Waals surface area (Å²) in [5.74, 6) is 2.17. The summed E-state index contributed by atoms with van der Waals surface area (Å²) in [6, 6.07) is 8.29. The Hall–Kier alpha value is -1.16. The Morgan fingerprint density at radius 3 is 3.00 bits per heavy atom. The number of fused-ring (bicyclic) bond motifs is 1. The highest BCUT2D eigenvalue weighted by atomic mass is 32.2. The molecule has 0 bridgehead atoms. The number of nitrogens with one attached hydrogen (secondary N) is 1. The second kappa shape index (κ2) is 5.08. The van der Waals surface area contributed by atoms with E-state index in [4.69, 9.17) is 4.74 Å². The molecular weight excluding hydrogens is 256 g/mol. The molecule has 3 nitrogen and oxygen atoms in total. The van der Waals surface area contributed by atoms with E-state index in [0.29, 0.717) is 5.41 Å². The number of nitrogens with zero attached hydrogens (tertiary/aromatic N) is 1. The van der Waals surface area contributed by atoms with Gasteiger partial charge in [-0.1, -0.05) is 43.8 Å². The summed E-state index contributed by atoms with van der Waals surface area (Å²) in [5, 5.41) is 4.49. The van der Waals surface area contributed by atoms with Crippen molar-refractivity contribution < 1.29 is 4.74 Å². The van der Waals surface area contributed by atoms with Crippen molar-refractivity contribution >= 4 is 16.9 Å². The van der Waals surface area contributed by atoms with Crippen molar-refractivity contribution in [1.82, 2.24) is 5.32 Å². The van der Waals surface area contributed by atoms with Gasteiger partial charge in [-0.05, 0) is 17.0 Å². The molecular formula is C15H20N2OS. The van der Waals surface area contributed by atoms with E-state index >= 15 is 0 Å². The van der Waals surface area contributed by atoms with Gasteiger partial charge in [-0.3, -0.25) is 4.99 Å². The number of aliphatic imine (C=N–C) groups is 1. The van der Waals surface area contributed by atoms with Gasteiger partial charge < -0.3 is 10.1 Å². The average molecular weight is 276 g/mol. The van der Waals surface area contributed by atoms with Crippen molar-refractivity contribution in [3.8, 4) is 5.75 Å². The van der Waals surface area contributed by atoms with Crippen LogP contribution in [0.1, 0.15) is 19.4 Å². The lowest BCUT2D eigenvalue weighted by molar-refractivity contribution is 0.235. The van der Waals surface area contributed by atoms with Gasteiger partial charge in [-0.2, -0.15) is 0 Å². The molecule has 102 valence electrons. The monoisotopic (exact) mass is 276 g/mol. The molecule has 0 saturated carbocycles. The van der Waals surface area contributed by atoms with E-state index in [1.165, 1.54) is 5.56 Å². The predicted octanol–water partition coefficient (Wildman–Crippen LogP) is 2.71. The smallest absolute Gasteiger partial charge is 0.156 e. The minimum absolute atomic E-state index is 0.232. The van der Waals surface area contributed by atoms with Crippen molar-refractivity contribution in [2.45, 2.75) is 26.4 Å². The van der Waals surface area contributed by atoms with Gasteiger partial charge in [-0.15, -0.1) is 0 Å². The van der Waals surface area contributed by atoms with Gasteiger partial charge in [0.05, 0.1) is 6.54 Å². The van der Waals surface area contributed by atoms with E-state index in [-0.39, 0.29) is 6.10 Å². The first-order chi connectivity index (χ1) is 9.12. The molecule has 1 aromatic rings. The number of hydrogen-bond acceptors (Lipinski definition) is 4. The van der Waals surface area contributed by atoms with Crippen LogP contribution in [-0.2, 0) is 6.42 Å². The molecule has 0 aromatic heterocycles. The van der Waals surface area contributed by atoms with Crippen LogP contribution in [0.25, 0.3) is 0 Å². The highest BCUT2D eigenvalue weighted by molar-refractivity contribution is 8.13. The number of amidine groups is 1. The Kier molecular flexibility index (Phi) is 3.44. The first-order valence-corrected chi connectivity index (χ1v) is 7.77. The number of hydrogen-bond donors (Lipinski definition) is 1. The maximum atomic E-state index is 5.91. The molecule has 1 aromatic carbocycles. The number of para-hydroxylation sites is 1. The van der Waals surface area contributed by atoms with Crippen LogP contribution in [0, 0.1) is 5.41 Å². The lowest BCUT2D eigenvalue weighted by atomic mass is 9.97. The van der Waals surface area contributed by atoms with Crippen LogP contribution in [0.4, 0.5) is 0 Å². The van der Waals surface area contributed by atoms with Crippen LogP contribution in [0.5, 0.6) is 5.75 Å². The molecule has 0 fully saturated rings. The molecule has 3 rings (SSSR count). The van der Waals surface area contributed by atoms with Crippen molar-refractivity contribution in [2.75, 3.05) is 18.8 Å². The molecule has 19 heavy (non-hydrogen) atoms. The number of benzene rings is 1. The van der Waals surface area contributed by atoms with E-state index in [1.807, 2.05) is 23.9 Å². The molecule has 0 saturated heterocycles. The van der Waals surface area contributed by atoms with Gasteiger partial charge in [0.1, 0.15) is 11.9 Å². The summed E-state index contributed by atoms with van der Waals surface area (Å²) in [5.41, 5.74) is 1.64. The maximum absolute atomic E-state index is 5.91. The molecule has 0 spiro atoms. The molecule has 1 atom stereocenters. The molecule has 2 heterocycles. The summed E-state index contributed by atoms with van der Waals surface area (Å²) in [6.07, 6.45) is 1.22. The Labute approximate surface area is 118 Å². The van der Waals surface area contributed by atoms with Crippen LogP contribution in [0.15, 0.2) is 29.3 Å². The number of thioether (sulfide) groups is 1. The topological polar surface area (TPSA) is 33.6 Å². The third-order valence-corrected chi connectivity index (χ3v) is 4.92. The van der Waals surface area contributed by atoms with E-state index in [0.717, 1.165) is 36.2 Å². The maximum Gasteiger partial charge on any atom is 0.156 e. The molecule has 0 amide bonds. The van der Waals surface area contributed by atoms with Crippen LogP contribution >= 0.6 is 11.8 Å². The highest BCUT2D eigenvalue weighted by Gasteiger charge is 2.25. The minimum Gasteiger partial charge on any atom is -0.488 e. The standard InChI is InChI=1S/C15H20N2OS/c1-15(2)9-17-14(19-10-15)16-8-12-7-11-5-3-4-6-13(11)18-12/h3-6,12H,7-10H2,1-2H3,(H,16,17).